The third-order valence-corrected chi connectivity index (χ3v) is 5.05. The maximum atomic E-state index is 13.0. The molecule has 2 aromatic heterocycles. The van der Waals surface area contributed by atoms with Crippen LogP contribution < -0.4 is 0 Å². The number of aromatic nitrogens is 2. The van der Waals surface area contributed by atoms with Gasteiger partial charge in [-0.1, -0.05) is 24.3 Å². The first-order valence-corrected chi connectivity index (χ1v) is 9.26. The number of rotatable bonds is 4. The van der Waals surface area contributed by atoms with Gasteiger partial charge in [-0.15, -0.1) is 65.7 Å². The third kappa shape index (κ3) is 4.47. The predicted octanol–water partition coefficient (Wildman–Crippen LogP) is 4.58. The summed E-state index contributed by atoms with van der Waals surface area (Å²) in [7, 11) is -1.42. The molecule has 0 aliphatic heterocycles. The van der Waals surface area contributed by atoms with Crippen LogP contribution in [-0.4, -0.2) is 14.2 Å². The maximum Gasteiger partial charge on any atom is 2.00 e. The molecule has 27 heavy (non-hydrogen) atoms. The normalized spacial score (nSPS) is 11.4. The fourth-order valence-corrected chi connectivity index (χ4v) is 3.57. The van der Waals surface area contributed by atoms with Crippen LogP contribution in [0.5, 0.6) is 0 Å². The SMILES string of the molecule is O=S(c1[c-]c(-c2ccccn2)ccc1)c1cccc(-c2[c-]cccc2)n1.[Pt+2]. The molecule has 4 rings (SSSR count). The van der Waals surface area contributed by atoms with Crippen LogP contribution in [0, 0.1) is 12.1 Å². The van der Waals surface area contributed by atoms with Gasteiger partial charge in [-0.2, -0.15) is 0 Å². The number of nitrogens with zero attached hydrogens (tertiary/aromatic N) is 2. The molecule has 0 fully saturated rings. The van der Waals surface area contributed by atoms with Crippen LogP contribution in [0.2, 0.25) is 0 Å². The molecule has 0 amide bonds. The zero-order valence-corrected chi connectivity index (χ0v) is 17.2. The average Bonchev–Trinajstić information content (AvgIpc) is 2.75. The monoisotopic (exact) mass is 549 g/mol. The van der Waals surface area contributed by atoms with Crippen molar-refractivity contribution in [3.63, 3.8) is 0 Å². The molecule has 0 aliphatic carbocycles. The summed E-state index contributed by atoms with van der Waals surface area (Å²) in [5.41, 5.74) is 3.23. The number of benzene rings is 2. The van der Waals surface area contributed by atoms with Gasteiger partial charge >= 0.3 is 21.1 Å². The van der Waals surface area contributed by atoms with Gasteiger partial charge in [0.25, 0.3) is 0 Å². The zero-order chi connectivity index (χ0) is 17.8. The zero-order valence-electron chi connectivity index (χ0n) is 14.1. The second-order valence-corrected chi connectivity index (χ2v) is 6.95. The standard InChI is InChI=1S/C22H14N2OS.Pt/c25-26(19-11-6-10-18(16-19)20-12-4-5-15-23-20)22-14-7-13-21(24-22)17-8-2-1-3-9-17;/h1-8,10-15H;/q-2;+2. The molecule has 2 heterocycles. The Morgan fingerprint density at radius 1 is 0.778 bits per heavy atom. The van der Waals surface area contributed by atoms with Crippen LogP contribution in [0.1, 0.15) is 0 Å². The summed E-state index contributed by atoms with van der Waals surface area (Å²) in [6.45, 7) is 0. The Morgan fingerprint density at radius 2 is 1.56 bits per heavy atom. The van der Waals surface area contributed by atoms with Crippen LogP contribution in [0.3, 0.4) is 0 Å². The summed E-state index contributed by atoms with van der Waals surface area (Å²) in [4.78, 5) is 9.46. The molecular formula is C22H14N2OPtS. The van der Waals surface area contributed by atoms with E-state index in [9.17, 15) is 4.21 Å². The third-order valence-electron chi connectivity index (χ3n) is 3.81. The predicted molar refractivity (Wildman–Crippen MR) is 102 cm³/mol. The van der Waals surface area contributed by atoms with Crippen LogP contribution in [0.25, 0.3) is 22.5 Å². The summed E-state index contributed by atoms with van der Waals surface area (Å²) in [6.07, 6.45) is 1.73. The van der Waals surface area contributed by atoms with E-state index in [0.29, 0.717) is 9.92 Å². The van der Waals surface area contributed by atoms with Crippen LogP contribution in [-0.2, 0) is 31.9 Å². The Balaban J connectivity index is 0.00000210. The molecule has 4 aromatic rings. The second kappa shape index (κ2) is 8.98. The summed E-state index contributed by atoms with van der Waals surface area (Å²) in [5.74, 6) is 0. The maximum absolute atomic E-state index is 13.0. The van der Waals surface area contributed by atoms with E-state index >= 15 is 0 Å². The van der Waals surface area contributed by atoms with Gasteiger partial charge in [-0.05, 0) is 28.4 Å². The van der Waals surface area contributed by atoms with Crippen LogP contribution in [0.15, 0.2) is 95.0 Å². The largest absolute Gasteiger partial charge is 2.00 e. The Kier molecular flexibility index (Phi) is 6.44. The van der Waals surface area contributed by atoms with Gasteiger partial charge in [0.05, 0.1) is 10.8 Å². The molecule has 0 spiro atoms. The van der Waals surface area contributed by atoms with Gasteiger partial charge < -0.3 is 4.98 Å². The minimum Gasteiger partial charge on any atom is -0.305 e. The summed E-state index contributed by atoms with van der Waals surface area (Å²) < 4.78 is 13.0. The Morgan fingerprint density at radius 3 is 2.33 bits per heavy atom. The van der Waals surface area contributed by atoms with E-state index in [1.54, 1.807) is 18.3 Å². The van der Waals surface area contributed by atoms with Crippen LogP contribution >= 0.6 is 0 Å². The Bertz CT molecular complexity index is 971. The van der Waals surface area contributed by atoms with Crippen molar-refractivity contribution in [1.29, 1.82) is 0 Å². The number of pyridine rings is 2. The topological polar surface area (TPSA) is 42.9 Å². The summed E-state index contributed by atoms with van der Waals surface area (Å²) in [5, 5.41) is 0.495. The molecule has 1 unspecified atom stereocenters. The van der Waals surface area contributed by atoms with Crippen LogP contribution in [0.4, 0.5) is 0 Å². The molecule has 2 aromatic carbocycles. The average molecular weight is 550 g/mol. The molecule has 1 atom stereocenters. The van der Waals surface area contributed by atoms with E-state index in [0.717, 1.165) is 22.5 Å². The smallest absolute Gasteiger partial charge is 0.305 e. The Hall–Kier alpha value is -2.42. The molecule has 3 nitrogen and oxygen atoms in total. The van der Waals surface area contributed by atoms with Gasteiger partial charge in [-0.25, -0.2) is 4.21 Å². The first-order chi connectivity index (χ1) is 12.8. The van der Waals surface area contributed by atoms with Crippen molar-refractivity contribution in [3.05, 3.63) is 97.2 Å². The minimum atomic E-state index is -1.42. The first kappa shape index (κ1) is 19.3. The van der Waals surface area contributed by atoms with E-state index in [1.165, 1.54) is 0 Å². The van der Waals surface area contributed by atoms with E-state index < -0.39 is 10.8 Å². The molecule has 5 heteroatoms. The van der Waals surface area contributed by atoms with Crippen molar-refractivity contribution in [2.24, 2.45) is 0 Å². The van der Waals surface area contributed by atoms with Gasteiger partial charge in [-0.3, -0.25) is 4.98 Å². The first-order valence-electron chi connectivity index (χ1n) is 8.11. The molecule has 0 aliphatic rings. The molecule has 134 valence electrons. The van der Waals surface area contributed by atoms with E-state index in [1.807, 2.05) is 66.7 Å². The number of hydrogen-bond donors (Lipinski definition) is 0. The quantitative estimate of drug-likeness (QED) is 0.351. The van der Waals surface area contributed by atoms with E-state index in [2.05, 4.69) is 22.1 Å². The molecule has 0 saturated carbocycles. The number of hydrogen-bond acceptors (Lipinski definition) is 3. The van der Waals surface area contributed by atoms with Crippen molar-refractivity contribution >= 4 is 10.8 Å². The second-order valence-electron chi connectivity index (χ2n) is 5.55. The fraction of sp³-hybridized carbons (Fsp3) is 0. The minimum absolute atomic E-state index is 0. The van der Waals surface area contributed by atoms with Crippen molar-refractivity contribution in [1.82, 2.24) is 9.97 Å². The fourth-order valence-electron chi connectivity index (χ4n) is 2.56. The van der Waals surface area contributed by atoms with Crippen molar-refractivity contribution in [3.8, 4) is 22.5 Å². The molecule has 0 N–H and O–H groups in total. The molecule has 0 bridgehead atoms. The molecule has 0 radical (unpaired) electrons. The van der Waals surface area contributed by atoms with E-state index in [4.69, 9.17) is 0 Å². The molecular weight excluding hydrogens is 535 g/mol. The van der Waals surface area contributed by atoms with Gasteiger partial charge in [0.2, 0.25) is 0 Å². The van der Waals surface area contributed by atoms with Gasteiger partial charge in [0.1, 0.15) is 5.03 Å². The van der Waals surface area contributed by atoms with Crippen molar-refractivity contribution < 1.29 is 25.3 Å². The van der Waals surface area contributed by atoms with Crippen molar-refractivity contribution in [2.45, 2.75) is 9.92 Å². The van der Waals surface area contributed by atoms with Gasteiger partial charge in [0, 0.05) is 6.20 Å². The summed E-state index contributed by atoms with van der Waals surface area (Å²) >= 11 is 0. The van der Waals surface area contributed by atoms with Gasteiger partial charge in [0.15, 0.2) is 0 Å². The molecule has 0 saturated heterocycles. The Labute approximate surface area is 175 Å². The van der Waals surface area contributed by atoms with Crippen molar-refractivity contribution in [2.75, 3.05) is 0 Å². The summed E-state index contributed by atoms with van der Waals surface area (Å²) in [6, 6.07) is 30.7. The van der Waals surface area contributed by atoms with E-state index in [-0.39, 0.29) is 21.1 Å².